The Morgan fingerprint density at radius 2 is 1.54 bits per heavy atom. The van der Waals surface area contributed by atoms with Crippen LogP contribution in [-0.2, 0) is 9.30 Å². The SMILES string of the molecule is CC[C@H](C)[C@H]([C@@H]1O[C@H]1CO)P(=O)(c1ccccc1)c1ccccc1. The van der Waals surface area contributed by atoms with Gasteiger partial charge in [-0.15, -0.1) is 0 Å². The molecule has 3 nitrogen and oxygen atoms in total. The average molecular weight is 344 g/mol. The topological polar surface area (TPSA) is 49.8 Å². The van der Waals surface area contributed by atoms with Crippen LogP contribution in [0.1, 0.15) is 20.3 Å². The van der Waals surface area contributed by atoms with Crippen LogP contribution in [0.2, 0.25) is 0 Å². The van der Waals surface area contributed by atoms with Crippen molar-refractivity contribution in [3.63, 3.8) is 0 Å². The number of epoxide rings is 1. The quantitative estimate of drug-likeness (QED) is 0.620. The van der Waals surface area contributed by atoms with Gasteiger partial charge in [-0.05, 0) is 5.92 Å². The molecule has 0 aromatic heterocycles. The van der Waals surface area contributed by atoms with Crippen LogP contribution in [0, 0.1) is 5.92 Å². The summed E-state index contributed by atoms with van der Waals surface area (Å²) in [5.41, 5.74) is -0.121. The largest absolute Gasteiger partial charge is 0.394 e. The van der Waals surface area contributed by atoms with Gasteiger partial charge in [-0.2, -0.15) is 0 Å². The van der Waals surface area contributed by atoms with Crippen LogP contribution in [0.25, 0.3) is 0 Å². The molecule has 4 heteroatoms. The molecular weight excluding hydrogens is 319 g/mol. The van der Waals surface area contributed by atoms with E-state index < -0.39 is 7.14 Å². The minimum atomic E-state index is -2.89. The fraction of sp³-hybridized carbons (Fsp3) is 0.400. The van der Waals surface area contributed by atoms with Crippen molar-refractivity contribution in [3.05, 3.63) is 60.7 Å². The fourth-order valence-electron chi connectivity index (χ4n) is 3.53. The maximum atomic E-state index is 14.5. The Hall–Kier alpha value is -1.41. The molecule has 1 aliphatic rings. The van der Waals surface area contributed by atoms with Gasteiger partial charge in [-0.25, -0.2) is 0 Å². The first kappa shape index (κ1) is 17.4. The molecule has 0 saturated carbocycles. The summed E-state index contributed by atoms with van der Waals surface area (Å²) >= 11 is 0. The van der Waals surface area contributed by atoms with Gasteiger partial charge in [0.1, 0.15) is 13.2 Å². The molecule has 1 heterocycles. The molecule has 0 spiro atoms. The lowest BCUT2D eigenvalue weighted by Crippen LogP contribution is -2.35. The summed E-state index contributed by atoms with van der Waals surface area (Å²) in [6.45, 7) is 4.24. The number of hydrogen-bond acceptors (Lipinski definition) is 3. The zero-order valence-corrected chi connectivity index (χ0v) is 15.1. The summed E-state index contributed by atoms with van der Waals surface area (Å²) in [6, 6.07) is 19.5. The van der Waals surface area contributed by atoms with Gasteiger partial charge in [0.2, 0.25) is 0 Å². The molecule has 2 aromatic rings. The summed E-state index contributed by atoms with van der Waals surface area (Å²) in [5.74, 6) is 0.234. The molecule has 4 atom stereocenters. The van der Waals surface area contributed by atoms with Crippen molar-refractivity contribution < 1.29 is 14.4 Å². The van der Waals surface area contributed by atoms with Crippen LogP contribution in [0.4, 0.5) is 0 Å². The zero-order valence-electron chi connectivity index (χ0n) is 14.2. The highest BCUT2D eigenvalue weighted by atomic mass is 31.2. The maximum absolute atomic E-state index is 14.5. The van der Waals surface area contributed by atoms with Gasteiger partial charge in [0, 0.05) is 10.6 Å². The Balaban J connectivity index is 2.14. The molecule has 0 aliphatic carbocycles. The first-order valence-electron chi connectivity index (χ1n) is 8.60. The third kappa shape index (κ3) is 3.09. The Bertz CT molecular complexity index is 658. The molecule has 3 rings (SSSR count). The van der Waals surface area contributed by atoms with E-state index in [1.165, 1.54) is 0 Å². The highest BCUT2D eigenvalue weighted by Gasteiger charge is 2.54. The van der Waals surface area contributed by atoms with E-state index in [9.17, 15) is 9.67 Å². The molecule has 1 N–H and O–H groups in total. The Labute approximate surface area is 144 Å². The number of benzene rings is 2. The lowest BCUT2D eigenvalue weighted by atomic mass is 10.0. The predicted molar refractivity (Wildman–Crippen MR) is 98.7 cm³/mol. The fourth-order valence-corrected chi connectivity index (χ4v) is 7.35. The molecule has 24 heavy (non-hydrogen) atoms. The van der Waals surface area contributed by atoms with Crippen molar-refractivity contribution in [1.29, 1.82) is 0 Å². The van der Waals surface area contributed by atoms with Crippen molar-refractivity contribution in [2.75, 3.05) is 6.61 Å². The van der Waals surface area contributed by atoms with Crippen molar-refractivity contribution in [1.82, 2.24) is 0 Å². The van der Waals surface area contributed by atoms with Gasteiger partial charge in [0.15, 0.2) is 0 Å². The van der Waals surface area contributed by atoms with E-state index in [1.807, 2.05) is 60.7 Å². The van der Waals surface area contributed by atoms with E-state index in [-0.39, 0.29) is 30.4 Å². The Morgan fingerprint density at radius 1 is 1.04 bits per heavy atom. The van der Waals surface area contributed by atoms with E-state index in [0.29, 0.717) is 0 Å². The molecule has 1 saturated heterocycles. The molecule has 1 fully saturated rings. The molecule has 0 bridgehead atoms. The van der Waals surface area contributed by atoms with Crippen LogP contribution < -0.4 is 10.6 Å². The first-order chi connectivity index (χ1) is 11.6. The molecule has 1 aliphatic heterocycles. The third-order valence-corrected chi connectivity index (χ3v) is 8.84. The Morgan fingerprint density at radius 3 is 1.92 bits per heavy atom. The number of ether oxygens (including phenoxy) is 1. The predicted octanol–water partition coefficient (Wildman–Crippen LogP) is 3.17. The third-order valence-electron chi connectivity index (χ3n) is 5.06. The van der Waals surface area contributed by atoms with Crippen LogP contribution in [0.5, 0.6) is 0 Å². The van der Waals surface area contributed by atoms with Crippen LogP contribution >= 0.6 is 7.14 Å². The minimum absolute atomic E-state index is 0.0127. The summed E-state index contributed by atoms with van der Waals surface area (Å²) in [5, 5.41) is 11.2. The molecule has 2 aromatic carbocycles. The number of hydrogen-bond donors (Lipinski definition) is 1. The van der Waals surface area contributed by atoms with Gasteiger partial charge >= 0.3 is 0 Å². The second-order valence-electron chi connectivity index (χ2n) is 6.53. The van der Waals surface area contributed by atoms with Crippen molar-refractivity contribution in [2.24, 2.45) is 5.92 Å². The van der Waals surface area contributed by atoms with Crippen LogP contribution in [-0.4, -0.2) is 29.6 Å². The number of rotatable bonds is 7. The monoisotopic (exact) mass is 344 g/mol. The number of aliphatic hydroxyl groups is 1. The highest BCUT2D eigenvalue weighted by molar-refractivity contribution is 7.79. The lowest BCUT2D eigenvalue weighted by Gasteiger charge is -2.32. The highest BCUT2D eigenvalue weighted by Crippen LogP contribution is 2.57. The lowest BCUT2D eigenvalue weighted by molar-refractivity contribution is 0.241. The minimum Gasteiger partial charge on any atom is -0.394 e. The van der Waals surface area contributed by atoms with Gasteiger partial charge in [-0.1, -0.05) is 80.9 Å². The van der Waals surface area contributed by atoms with E-state index in [1.54, 1.807) is 0 Å². The van der Waals surface area contributed by atoms with Crippen molar-refractivity contribution >= 4 is 17.8 Å². The summed E-state index contributed by atoms with van der Waals surface area (Å²) in [7, 11) is -2.89. The summed E-state index contributed by atoms with van der Waals surface area (Å²) < 4.78 is 20.2. The second kappa shape index (κ2) is 7.23. The summed E-state index contributed by atoms with van der Waals surface area (Å²) in [6.07, 6.45) is 0.590. The van der Waals surface area contributed by atoms with Gasteiger partial charge in [0.05, 0.1) is 18.4 Å². The zero-order chi connectivity index (χ0) is 17.2. The van der Waals surface area contributed by atoms with E-state index in [2.05, 4.69) is 13.8 Å². The smallest absolute Gasteiger partial charge is 0.149 e. The van der Waals surface area contributed by atoms with Crippen LogP contribution in [0.3, 0.4) is 0 Å². The number of aliphatic hydroxyl groups excluding tert-OH is 1. The maximum Gasteiger partial charge on any atom is 0.149 e. The van der Waals surface area contributed by atoms with Gasteiger partial charge in [-0.3, -0.25) is 0 Å². The molecule has 0 amide bonds. The van der Waals surface area contributed by atoms with Crippen molar-refractivity contribution in [3.8, 4) is 0 Å². The molecule has 128 valence electrons. The van der Waals surface area contributed by atoms with Gasteiger partial charge < -0.3 is 14.4 Å². The normalized spacial score (nSPS) is 22.8. The van der Waals surface area contributed by atoms with E-state index >= 15 is 0 Å². The van der Waals surface area contributed by atoms with Gasteiger partial charge in [0.25, 0.3) is 0 Å². The first-order valence-corrected chi connectivity index (χ1v) is 10.4. The average Bonchev–Trinajstić information content (AvgIpc) is 3.42. The molecular formula is C20H25O3P. The molecule has 0 unspecified atom stereocenters. The second-order valence-corrected chi connectivity index (χ2v) is 9.47. The summed E-state index contributed by atoms with van der Waals surface area (Å²) in [4.78, 5) is 0. The Kier molecular flexibility index (Phi) is 5.24. The van der Waals surface area contributed by atoms with E-state index in [4.69, 9.17) is 4.74 Å². The van der Waals surface area contributed by atoms with E-state index in [0.717, 1.165) is 17.0 Å². The van der Waals surface area contributed by atoms with Crippen LogP contribution in [0.15, 0.2) is 60.7 Å². The van der Waals surface area contributed by atoms with Crippen molar-refractivity contribution in [2.45, 2.75) is 38.1 Å². The standard InChI is InChI=1S/C20H25O3P/c1-3-15(2)20(19-18(14-21)23-19)24(22,16-10-6-4-7-11-16)17-12-8-5-9-13-17/h4-13,15,18-21H,3,14H2,1-2H3/t15-,18-,19+,20+/m0/s1. The molecule has 0 radical (unpaired) electrons.